The standard InChI is InChI=1S/C20H22N2O4S/c1-4-13-22(14-5-2)20(23)16-9-8-10-17(15-16)27(24,25)21-18-11-6-7-12-19(18)26-3/h4-12,15,21H,1-2,13-14H2,3H3. The van der Waals surface area contributed by atoms with Crippen molar-refractivity contribution in [3.05, 3.63) is 79.4 Å². The van der Waals surface area contributed by atoms with Crippen LogP contribution in [-0.2, 0) is 10.0 Å². The third-order valence-corrected chi connectivity index (χ3v) is 5.09. The number of sulfonamides is 1. The summed E-state index contributed by atoms with van der Waals surface area (Å²) in [6.07, 6.45) is 3.20. The molecule has 2 aromatic carbocycles. The molecule has 0 fully saturated rings. The lowest BCUT2D eigenvalue weighted by Gasteiger charge is -2.19. The Morgan fingerprint density at radius 2 is 1.78 bits per heavy atom. The summed E-state index contributed by atoms with van der Waals surface area (Å²) in [7, 11) is -2.43. The predicted molar refractivity (Wildman–Crippen MR) is 107 cm³/mol. The van der Waals surface area contributed by atoms with E-state index in [-0.39, 0.29) is 16.4 Å². The molecule has 27 heavy (non-hydrogen) atoms. The van der Waals surface area contributed by atoms with Crippen LogP contribution in [0, 0.1) is 0 Å². The van der Waals surface area contributed by atoms with E-state index in [1.807, 2.05) is 0 Å². The van der Waals surface area contributed by atoms with Crippen LogP contribution in [0.3, 0.4) is 0 Å². The third-order valence-electron chi connectivity index (χ3n) is 3.73. The van der Waals surface area contributed by atoms with Crippen LogP contribution in [0.5, 0.6) is 5.75 Å². The first-order chi connectivity index (χ1) is 12.9. The molecule has 142 valence electrons. The zero-order chi connectivity index (χ0) is 19.9. The second kappa shape index (κ2) is 9.05. The van der Waals surface area contributed by atoms with E-state index < -0.39 is 10.0 Å². The van der Waals surface area contributed by atoms with Crippen LogP contribution in [0.4, 0.5) is 5.69 Å². The molecule has 7 heteroatoms. The Bertz CT molecular complexity index is 929. The van der Waals surface area contributed by atoms with Crippen LogP contribution in [-0.4, -0.2) is 39.4 Å². The molecule has 0 atom stereocenters. The average molecular weight is 386 g/mol. The SMILES string of the molecule is C=CCN(CC=C)C(=O)c1cccc(S(=O)(=O)Nc2ccccc2OC)c1. The highest BCUT2D eigenvalue weighted by Gasteiger charge is 2.20. The van der Waals surface area contributed by atoms with E-state index in [4.69, 9.17) is 4.74 Å². The summed E-state index contributed by atoms with van der Waals surface area (Å²) in [5.74, 6) is 0.0978. The van der Waals surface area contributed by atoms with Crippen molar-refractivity contribution < 1.29 is 17.9 Å². The Morgan fingerprint density at radius 3 is 2.41 bits per heavy atom. The van der Waals surface area contributed by atoms with Gasteiger partial charge < -0.3 is 9.64 Å². The lowest BCUT2D eigenvalue weighted by Crippen LogP contribution is -2.31. The maximum Gasteiger partial charge on any atom is 0.262 e. The molecular formula is C20H22N2O4S. The van der Waals surface area contributed by atoms with E-state index in [1.165, 1.54) is 30.2 Å². The van der Waals surface area contributed by atoms with Crippen LogP contribution in [0.25, 0.3) is 0 Å². The van der Waals surface area contributed by atoms with Crippen molar-refractivity contribution in [2.75, 3.05) is 24.9 Å². The molecule has 0 aromatic heterocycles. The van der Waals surface area contributed by atoms with Gasteiger partial charge in [-0.3, -0.25) is 9.52 Å². The molecule has 2 aromatic rings. The van der Waals surface area contributed by atoms with Crippen molar-refractivity contribution in [1.82, 2.24) is 4.90 Å². The molecule has 0 saturated heterocycles. The number of para-hydroxylation sites is 2. The van der Waals surface area contributed by atoms with Gasteiger partial charge in [-0.05, 0) is 30.3 Å². The van der Waals surface area contributed by atoms with E-state index >= 15 is 0 Å². The number of benzene rings is 2. The Morgan fingerprint density at radius 1 is 1.11 bits per heavy atom. The van der Waals surface area contributed by atoms with E-state index in [0.717, 1.165) is 0 Å². The Kier molecular flexibility index (Phi) is 6.79. The highest BCUT2D eigenvalue weighted by atomic mass is 32.2. The van der Waals surface area contributed by atoms with Gasteiger partial charge in [0, 0.05) is 18.7 Å². The number of hydrogen-bond acceptors (Lipinski definition) is 4. The molecular weight excluding hydrogens is 364 g/mol. The lowest BCUT2D eigenvalue weighted by molar-refractivity contribution is 0.0790. The zero-order valence-corrected chi connectivity index (χ0v) is 15.9. The molecule has 0 saturated carbocycles. The molecule has 0 radical (unpaired) electrons. The van der Waals surface area contributed by atoms with Gasteiger partial charge in [0.05, 0.1) is 17.7 Å². The minimum atomic E-state index is -3.89. The van der Waals surface area contributed by atoms with Gasteiger partial charge in [0.25, 0.3) is 15.9 Å². The fourth-order valence-electron chi connectivity index (χ4n) is 2.46. The monoisotopic (exact) mass is 386 g/mol. The van der Waals surface area contributed by atoms with Crippen LogP contribution < -0.4 is 9.46 Å². The van der Waals surface area contributed by atoms with Crippen LogP contribution in [0.15, 0.2) is 78.7 Å². The minimum absolute atomic E-state index is 0.0172. The molecule has 0 unspecified atom stereocenters. The van der Waals surface area contributed by atoms with Gasteiger partial charge in [0.1, 0.15) is 5.75 Å². The third kappa shape index (κ3) is 4.98. The van der Waals surface area contributed by atoms with Crippen molar-refractivity contribution in [2.24, 2.45) is 0 Å². The van der Waals surface area contributed by atoms with Crippen LogP contribution >= 0.6 is 0 Å². The van der Waals surface area contributed by atoms with Crippen molar-refractivity contribution in [3.8, 4) is 5.75 Å². The maximum absolute atomic E-state index is 12.7. The number of amides is 1. The second-order valence-electron chi connectivity index (χ2n) is 5.62. The summed E-state index contributed by atoms with van der Waals surface area (Å²) in [6.45, 7) is 7.93. The number of nitrogens with zero attached hydrogens (tertiary/aromatic N) is 1. The van der Waals surface area contributed by atoms with E-state index in [0.29, 0.717) is 24.5 Å². The van der Waals surface area contributed by atoms with Gasteiger partial charge in [0.2, 0.25) is 0 Å². The van der Waals surface area contributed by atoms with Gasteiger partial charge in [0.15, 0.2) is 0 Å². The van der Waals surface area contributed by atoms with E-state index in [2.05, 4.69) is 17.9 Å². The summed E-state index contributed by atoms with van der Waals surface area (Å²) in [4.78, 5) is 14.2. The van der Waals surface area contributed by atoms with Gasteiger partial charge in [-0.25, -0.2) is 8.42 Å². The molecule has 0 heterocycles. The molecule has 0 bridgehead atoms. The number of anilines is 1. The molecule has 0 spiro atoms. The van der Waals surface area contributed by atoms with Crippen molar-refractivity contribution in [2.45, 2.75) is 4.90 Å². The second-order valence-corrected chi connectivity index (χ2v) is 7.30. The van der Waals surface area contributed by atoms with E-state index in [9.17, 15) is 13.2 Å². The Labute approximate surface area is 159 Å². The zero-order valence-electron chi connectivity index (χ0n) is 15.1. The smallest absolute Gasteiger partial charge is 0.262 e. The van der Waals surface area contributed by atoms with Crippen molar-refractivity contribution in [3.63, 3.8) is 0 Å². The number of rotatable bonds is 9. The summed E-state index contributed by atoms with van der Waals surface area (Å²) in [5.41, 5.74) is 0.582. The van der Waals surface area contributed by atoms with Gasteiger partial charge in [-0.2, -0.15) is 0 Å². The number of methoxy groups -OCH3 is 1. The minimum Gasteiger partial charge on any atom is -0.495 e. The number of ether oxygens (including phenoxy) is 1. The number of carbonyl (C=O) groups excluding carboxylic acids is 1. The van der Waals surface area contributed by atoms with Gasteiger partial charge in [-0.15, -0.1) is 13.2 Å². The summed E-state index contributed by atoms with van der Waals surface area (Å²) >= 11 is 0. The largest absolute Gasteiger partial charge is 0.495 e. The molecule has 0 aliphatic carbocycles. The highest BCUT2D eigenvalue weighted by molar-refractivity contribution is 7.92. The molecule has 6 nitrogen and oxygen atoms in total. The number of carbonyl (C=O) groups is 1. The fourth-order valence-corrected chi connectivity index (χ4v) is 3.58. The Hall–Kier alpha value is -3.06. The van der Waals surface area contributed by atoms with Crippen LogP contribution in [0.2, 0.25) is 0 Å². The number of nitrogens with one attached hydrogen (secondary N) is 1. The van der Waals surface area contributed by atoms with Gasteiger partial charge in [-0.1, -0.05) is 30.4 Å². The molecule has 0 aliphatic rings. The Balaban J connectivity index is 2.33. The molecule has 1 amide bonds. The molecule has 1 N–H and O–H groups in total. The first-order valence-electron chi connectivity index (χ1n) is 8.20. The first-order valence-corrected chi connectivity index (χ1v) is 9.68. The predicted octanol–water partition coefficient (Wildman–Crippen LogP) is 3.31. The maximum atomic E-state index is 12.7. The summed E-state index contributed by atoms with van der Waals surface area (Å²) in [5, 5.41) is 0. The highest BCUT2D eigenvalue weighted by Crippen LogP contribution is 2.26. The van der Waals surface area contributed by atoms with Crippen LogP contribution in [0.1, 0.15) is 10.4 Å². The fraction of sp³-hybridized carbons (Fsp3) is 0.150. The molecule has 0 aliphatic heterocycles. The van der Waals surface area contributed by atoms with Crippen molar-refractivity contribution >= 4 is 21.6 Å². The topological polar surface area (TPSA) is 75.7 Å². The quantitative estimate of drug-likeness (QED) is 0.671. The normalized spacial score (nSPS) is 10.7. The summed E-state index contributed by atoms with van der Waals surface area (Å²) < 4.78 is 33.1. The number of hydrogen-bond donors (Lipinski definition) is 1. The van der Waals surface area contributed by atoms with Gasteiger partial charge >= 0.3 is 0 Å². The van der Waals surface area contributed by atoms with Crippen molar-refractivity contribution in [1.29, 1.82) is 0 Å². The lowest BCUT2D eigenvalue weighted by atomic mass is 10.2. The average Bonchev–Trinajstić information content (AvgIpc) is 2.67. The first kappa shape index (κ1) is 20.3. The molecule has 2 rings (SSSR count). The summed E-state index contributed by atoms with van der Waals surface area (Å²) in [6, 6.07) is 12.6. The van der Waals surface area contributed by atoms with E-state index in [1.54, 1.807) is 42.5 Å².